The molecule has 122 valence electrons. The van der Waals surface area contributed by atoms with Crippen LogP contribution < -0.4 is 0 Å². The number of thioether (sulfide) groups is 1. The highest BCUT2D eigenvalue weighted by Crippen LogP contribution is 2.09. The monoisotopic (exact) mass is 314 g/mol. The number of hydrogen-bond acceptors (Lipinski definition) is 4. The summed E-state index contributed by atoms with van der Waals surface area (Å²) < 4.78 is 5.11. The van der Waals surface area contributed by atoms with Gasteiger partial charge in [0, 0.05) is 12.2 Å². The third-order valence-electron chi connectivity index (χ3n) is 2.99. The van der Waals surface area contributed by atoms with Gasteiger partial charge in [-0.3, -0.25) is 9.59 Å². The standard InChI is InChI=1S/C17H30O3S/c1-3-4-5-6-7-10-14-21-15-13-20-17(19)12-9-8-11-16(2)18/h8-9H,3-7,10-15H2,1-2H3/b9-8+. The third-order valence-corrected chi connectivity index (χ3v) is 4.02. The Labute approximate surface area is 133 Å². The SMILES string of the molecule is CCCCCCCCSCCOC(=O)C/C=C/CC(C)=O. The summed E-state index contributed by atoms with van der Waals surface area (Å²) >= 11 is 1.85. The lowest BCUT2D eigenvalue weighted by Gasteiger charge is -2.04. The van der Waals surface area contributed by atoms with Crippen LogP contribution in [-0.2, 0) is 14.3 Å². The Morgan fingerprint density at radius 2 is 1.62 bits per heavy atom. The molecule has 0 rings (SSSR count). The number of esters is 1. The summed E-state index contributed by atoms with van der Waals surface area (Å²) in [5, 5.41) is 0. The minimum atomic E-state index is -0.213. The molecule has 0 aromatic heterocycles. The highest BCUT2D eigenvalue weighted by Gasteiger charge is 1.99. The van der Waals surface area contributed by atoms with Crippen molar-refractivity contribution in [3.8, 4) is 0 Å². The zero-order valence-electron chi connectivity index (χ0n) is 13.6. The van der Waals surface area contributed by atoms with Gasteiger partial charge in [-0.05, 0) is 19.1 Å². The maximum absolute atomic E-state index is 11.4. The van der Waals surface area contributed by atoms with Crippen molar-refractivity contribution in [3.05, 3.63) is 12.2 Å². The zero-order chi connectivity index (χ0) is 15.8. The van der Waals surface area contributed by atoms with E-state index in [2.05, 4.69) is 6.92 Å². The largest absolute Gasteiger partial charge is 0.465 e. The van der Waals surface area contributed by atoms with Crippen molar-refractivity contribution in [2.45, 2.75) is 65.2 Å². The molecule has 0 radical (unpaired) electrons. The minimum Gasteiger partial charge on any atom is -0.465 e. The van der Waals surface area contributed by atoms with Crippen LogP contribution in [0.2, 0.25) is 0 Å². The quantitative estimate of drug-likeness (QED) is 0.268. The minimum absolute atomic E-state index is 0.103. The molecule has 0 aliphatic heterocycles. The summed E-state index contributed by atoms with van der Waals surface area (Å²) in [5.41, 5.74) is 0. The number of Topliss-reactive ketones (excluding diaryl/α,β-unsaturated/α-hetero) is 1. The topological polar surface area (TPSA) is 43.4 Å². The van der Waals surface area contributed by atoms with E-state index in [0.29, 0.717) is 13.0 Å². The van der Waals surface area contributed by atoms with Gasteiger partial charge in [0.25, 0.3) is 0 Å². The summed E-state index contributed by atoms with van der Waals surface area (Å²) in [7, 11) is 0. The first-order valence-corrected chi connectivity index (χ1v) is 9.20. The van der Waals surface area contributed by atoms with Crippen molar-refractivity contribution >= 4 is 23.5 Å². The van der Waals surface area contributed by atoms with E-state index in [1.165, 1.54) is 45.4 Å². The van der Waals surface area contributed by atoms with Crippen LogP contribution in [0.1, 0.15) is 65.2 Å². The van der Waals surface area contributed by atoms with Gasteiger partial charge in [0.15, 0.2) is 0 Å². The van der Waals surface area contributed by atoms with E-state index >= 15 is 0 Å². The lowest BCUT2D eigenvalue weighted by atomic mass is 10.1. The molecule has 0 N–H and O–H groups in total. The Morgan fingerprint density at radius 1 is 0.952 bits per heavy atom. The van der Waals surface area contributed by atoms with Gasteiger partial charge in [-0.2, -0.15) is 11.8 Å². The van der Waals surface area contributed by atoms with Crippen LogP contribution in [0.25, 0.3) is 0 Å². The average molecular weight is 314 g/mol. The molecule has 0 aliphatic rings. The van der Waals surface area contributed by atoms with Gasteiger partial charge in [-0.1, -0.05) is 51.2 Å². The van der Waals surface area contributed by atoms with Crippen LogP contribution in [0.4, 0.5) is 0 Å². The summed E-state index contributed by atoms with van der Waals surface area (Å²) in [6, 6.07) is 0. The maximum Gasteiger partial charge on any atom is 0.309 e. The van der Waals surface area contributed by atoms with Gasteiger partial charge in [0.1, 0.15) is 12.4 Å². The predicted molar refractivity (Wildman–Crippen MR) is 90.7 cm³/mol. The van der Waals surface area contributed by atoms with Crippen LogP contribution >= 0.6 is 11.8 Å². The summed E-state index contributed by atoms with van der Waals surface area (Å²) in [4.78, 5) is 22.0. The number of carbonyl (C=O) groups is 2. The Bertz CT molecular complexity index is 300. The second-order valence-electron chi connectivity index (χ2n) is 5.18. The average Bonchev–Trinajstić information content (AvgIpc) is 2.45. The van der Waals surface area contributed by atoms with Gasteiger partial charge in [-0.15, -0.1) is 0 Å². The van der Waals surface area contributed by atoms with E-state index in [4.69, 9.17) is 4.74 Å². The van der Waals surface area contributed by atoms with E-state index in [1.807, 2.05) is 11.8 Å². The molecule has 0 aromatic carbocycles. The number of unbranched alkanes of at least 4 members (excludes halogenated alkanes) is 5. The van der Waals surface area contributed by atoms with Gasteiger partial charge < -0.3 is 4.74 Å². The maximum atomic E-state index is 11.4. The number of hydrogen-bond donors (Lipinski definition) is 0. The molecule has 21 heavy (non-hydrogen) atoms. The van der Waals surface area contributed by atoms with Crippen molar-refractivity contribution in [2.75, 3.05) is 18.1 Å². The molecular formula is C17H30O3S. The first-order chi connectivity index (χ1) is 10.2. The first-order valence-electron chi connectivity index (χ1n) is 8.04. The summed E-state index contributed by atoms with van der Waals surface area (Å²) in [6.07, 6.45) is 12.0. The number of carbonyl (C=O) groups excluding carboxylic acids is 2. The molecule has 0 saturated heterocycles. The summed E-state index contributed by atoms with van der Waals surface area (Å²) in [6.45, 7) is 4.25. The summed E-state index contributed by atoms with van der Waals surface area (Å²) in [5.74, 6) is 1.92. The lowest BCUT2D eigenvalue weighted by Crippen LogP contribution is -2.06. The number of allylic oxidation sites excluding steroid dienone is 1. The van der Waals surface area contributed by atoms with Gasteiger partial charge in [0.05, 0.1) is 6.42 Å². The molecule has 0 aliphatic carbocycles. The number of ether oxygens (including phenoxy) is 1. The van der Waals surface area contributed by atoms with Gasteiger partial charge >= 0.3 is 5.97 Å². The second kappa shape index (κ2) is 15.6. The molecule has 0 atom stereocenters. The van der Waals surface area contributed by atoms with Crippen LogP contribution in [0.3, 0.4) is 0 Å². The van der Waals surface area contributed by atoms with Crippen molar-refractivity contribution in [2.24, 2.45) is 0 Å². The third kappa shape index (κ3) is 17.2. The zero-order valence-corrected chi connectivity index (χ0v) is 14.4. The number of ketones is 1. The Balaban J connectivity index is 3.25. The molecule has 0 saturated carbocycles. The molecule has 0 aromatic rings. The molecule has 3 nitrogen and oxygen atoms in total. The van der Waals surface area contributed by atoms with Crippen molar-refractivity contribution in [3.63, 3.8) is 0 Å². The molecule has 0 bridgehead atoms. The fourth-order valence-electron chi connectivity index (χ4n) is 1.79. The lowest BCUT2D eigenvalue weighted by molar-refractivity contribution is -0.141. The smallest absolute Gasteiger partial charge is 0.309 e. The van der Waals surface area contributed by atoms with E-state index in [0.717, 1.165) is 11.5 Å². The molecule has 0 unspecified atom stereocenters. The molecular weight excluding hydrogens is 284 g/mol. The normalized spacial score (nSPS) is 11.0. The highest BCUT2D eigenvalue weighted by atomic mass is 32.2. The molecule has 0 amide bonds. The van der Waals surface area contributed by atoms with E-state index < -0.39 is 0 Å². The first kappa shape index (κ1) is 20.2. The Morgan fingerprint density at radius 3 is 2.33 bits per heavy atom. The Hall–Kier alpha value is -0.770. The van der Waals surface area contributed by atoms with Gasteiger partial charge in [0.2, 0.25) is 0 Å². The predicted octanol–water partition coefficient (Wildman–Crippen LogP) is 4.55. The van der Waals surface area contributed by atoms with E-state index in [-0.39, 0.29) is 18.2 Å². The molecule has 0 fully saturated rings. The fourth-order valence-corrected chi connectivity index (χ4v) is 2.60. The van der Waals surface area contributed by atoms with Crippen molar-refractivity contribution in [1.82, 2.24) is 0 Å². The van der Waals surface area contributed by atoms with Crippen molar-refractivity contribution < 1.29 is 14.3 Å². The molecule has 4 heteroatoms. The van der Waals surface area contributed by atoms with Crippen LogP contribution in [0.15, 0.2) is 12.2 Å². The second-order valence-corrected chi connectivity index (χ2v) is 6.41. The van der Waals surface area contributed by atoms with Crippen LogP contribution in [-0.4, -0.2) is 29.9 Å². The number of rotatable bonds is 14. The fraction of sp³-hybridized carbons (Fsp3) is 0.765. The van der Waals surface area contributed by atoms with Crippen molar-refractivity contribution in [1.29, 1.82) is 0 Å². The Kier molecular flexibility index (Phi) is 15.0. The molecule has 0 heterocycles. The highest BCUT2D eigenvalue weighted by molar-refractivity contribution is 7.99. The van der Waals surface area contributed by atoms with Crippen LogP contribution in [0, 0.1) is 0 Å². The van der Waals surface area contributed by atoms with Gasteiger partial charge in [-0.25, -0.2) is 0 Å². The van der Waals surface area contributed by atoms with E-state index in [9.17, 15) is 9.59 Å². The molecule has 0 spiro atoms. The van der Waals surface area contributed by atoms with Crippen LogP contribution in [0.5, 0.6) is 0 Å². The van der Waals surface area contributed by atoms with E-state index in [1.54, 1.807) is 12.2 Å².